The van der Waals surface area contributed by atoms with Crippen molar-refractivity contribution in [2.75, 3.05) is 6.61 Å². The third kappa shape index (κ3) is 4.03. The fourth-order valence-electron chi connectivity index (χ4n) is 1.64. The molecule has 0 aliphatic carbocycles. The zero-order valence-corrected chi connectivity index (χ0v) is 13.4. The van der Waals surface area contributed by atoms with Crippen molar-refractivity contribution in [3.8, 4) is 11.5 Å². The summed E-state index contributed by atoms with van der Waals surface area (Å²) >= 11 is 17.9. The number of aromatic hydroxyl groups is 1. The van der Waals surface area contributed by atoms with E-state index in [1.54, 1.807) is 36.5 Å². The van der Waals surface area contributed by atoms with Crippen LogP contribution in [0.5, 0.6) is 11.5 Å². The summed E-state index contributed by atoms with van der Waals surface area (Å²) in [6.07, 6.45) is 1.60. The smallest absolute Gasteiger partial charge is 0.161 e. The van der Waals surface area contributed by atoms with E-state index in [1.807, 2.05) is 6.92 Å². The molecule has 0 saturated heterocycles. The highest BCUT2D eigenvalue weighted by Crippen LogP contribution is 2.34. The lowest BCUT2D eigenvalue weighted by Gasteiger charge is -2.06. The zero-order chi connectivity index (χ0) is 15.4. The largest absolute Gasteiger partial charge is 0.504 e. The van der Waals surface area contributed by atoms with Gasteiger partial charge in [-0.2, -0.15) is 0 Å². The van der Waals surface area contributed by atoms with Gasteiger partial charge in [0.05, 0.1) is 27.4 Å². The first-order chi connectivity index (χ1) is 10.0. The van der Waals surface area contributed by atoms with E-state index >= 15 is 0 Å². The first-order valence-electron chi connectivity index (χ1n) is 6.15. The van der Waals surface area contributed by atoms with Crippen LogP contribution in [0.3, 0.4) is 0 Å². The highest BCUT2D eigenvalue weighted by atomic mass is 35.5. The number of phenolic OH excluding ortho intramolecular Hbond substituents is 1. The molecule has 2 aromatic carbocycles. The minimum atomic E-state index is 0.0848. The maximum Gasteiger partial charge on any atom is 0.161 e. The van der Waals surface area contributed by atoms with Crippen LogP contribution in [-0.4, -0.2) is 17.9 Å². The van der Waals surface area contributed by atoms with Crippen LogP contribution in [0, 0.1) is 0 Å². The van der Waals surface area contributed by atoms with E-state index in [0.717, 1.165) is 5.56 Å². The lowest BCUT2D eigenvalue weighted by Crippen LogP contribution is -1.93. The number of hydrogen-bond acceptors (Lipinski definition) is 3. The molecule has 1 N–H and O–H groups in total. The van der Waals surface area contributed by atoms with E-state index in [9.17, 15) is 5.11 Å². The Kier molecular flexibility index (Phi) is 5.34. The number of benzene rings is 2. The van der Waals surface area contributed by atoms with Gasteiger partial charge in [0.25, 0.3) is 0 Å². The maximum absolute atomic E-state index is 9.64. The predicted octanol–water partition coefficient (Wildman–Crippen LogP) is 5.50. The minimum absolute atomic E-state index is 0.0848. The monoisotopic (exact) mass is 343 g/mol. The van der Waals surface area contributed by atoms with E-state index in [1.165, 1.54) is 0 Å². The van der Waals surface area contributed by atoms with Crippen LogP contribution < -0.4 is 4.74 Å². The van der Waals surface area contributed by atoms with Gasteiger partial charge >= 0.3 is 0 Å². The van der Waals surface area contributed by atoms with Gasteiger partial charge in [0.2, 0.25) is 0 Å². The number of rotatable bonds is 4. The first-order valence-corrected chi connectivity index (χ1v) is 7.29. The quantitative estimate of drug-likeness (QED) is 0.587. The van der Waals surface area contributed by atoms with Crippen LogP contribution in [0.2, 0.25) is 15.1 Å². The summed E-state index contributed by atoms with van der Waals surface area (Å²) in [5, 5.41) is 10.8. The fourth-order valence-corrected chi connectivity index (χ4v) is 2.23. The summed E-state index contributed by atoms with van der Waals surface area (Å²) in [5.74, 6) is 0.489. The number of hydrogen-bond donors (Lipinski definition) is 1. The summed E-state index contributed by atoms with van der Waals surface area (Å²) in [6.45, 7) is 2.31. The molecule has 3 nitrogen and oxygen atoms in total. The van der Waals surface area contributed by atoms with E-state index < -0.39 is 0 Å². The Bertz CT molecular complexity index is 687. The number of aliphatic imine (C=N–C) groups is 1. The molecule has 0 aromatic heterocycles. The Hall–Kier alpha value is -1.42. The molecule has 6 heteroatoms. The van der Waals surface area contributed by atoms with Crippen LogP contribution in [0.15, 0.2) is 35.3 Å². The standard InChI is InChI=1S/C15H12Cl3NO2/c1-2-21-15-5-9(3-4-14(15)20)8-19-13-7-11(17)10(16)6-12(13)18/h3-8,20H,2H2,1H3. The van der Waals surface area contributed by atoms with Crippen molar-refractivity contribution in [2.24, 2.45) is 4.99 Å². The third-order valence-electron chi connectivity index (χ3n) is 2.63. The first kappa shape index (κ1) is 16.0. The highest BCUT2D eigenvalue weighted by molar-refractivity contribution is 6.43. The molecular formula is C15H12Cl3NO2. The molecule has 0 atom stereocenters. The van der Waals surface area contributed by atoms with Crippen LogP contribution in [0.1, 0.15) is 12.5 Å². The number of ether oxygens (including phenoxy) is 1. The lowest BCUT2D eigenvalue weighted by molar-refractivity contribution is 0.318. The van der Waals surface area contributed by atoms with Gasteiger partial charge < -0.3 is 9.84 Å². The zero-order valence-electron chi connectivity index (χ0n) is 11.1. The molecule has 0 unspecified atom stereocenters. The van der Waals surface area contributed by atoms with Crippen molar-refractivity contribution in [3.05, 3.63) is 51.0 Å². The van der Waals surface area contributed by atoms with Gasteiger partial charge in [-0.3, -0.25) is 4.99 Å². The van der Waals surface area contributed by atoms with Gasteiger partial charge in [0.1, 0.15) is 0 Å². The van der Waals surface area contributed by atoms with Crippen molar-refractivity contribution in [2.45, 2.75) is 6.92 Å². The van der Waals surface area contributed by atoms with Crippen molar-refractivity contribution in [1.29, 1.82) is 0 Å². The fraction of sp³-hybridized carbons (Fsp3) is 0.133. The summed E-state index contributed by atoms with van der Waals surface area (Å²) in [6, 6.07) is 8.08. The minimum Gasteiger partial charge on any atom is -0.504 e. The maximum atomic E-state index is 9.64. The Morgan fingerprint density at radius 3 is 2.52 bits per heavy atom. The van der Waals surface area contributed by atoms with Crippen LogP contribution in [-0.2, 0) is 0 Å². The second kappa shape index (κ2) is 7.03. The normalized spacial score (nSPS) is 11.0. The molecule has 2 rings (SSSR count). The van der Waals surface area contributed by atoms with E-state index in [-0.39, 0.29) is 5.75 Å². The number of halogens is 3. The Balaban J connectivity index is 2.29. The molecule has 0 fully saturated rings. The van der Waals surface area contributed by atoms with Gasteiger partial charge in [-0.15, -0.1) is 0 Å². The molecule has 0 spiro atoms. The second-order valence-electron chi connectivity index (χ2n) is 4.14. The summed E-state index contributed by atoms with van der Waals surface area (Å²) < 4.78 is 5.31. The molecule has 0 amide bonds. The van der Waals surface area contributed by atoms with Gasteiger partial charge in [0.15, 0.2) is 11.5 Å². The SMILES string of the molecule is CCOc1cc(C=Nc2cc(Cl)c(Cl)cc2Cl)ccc1O. The average molecular weight is 345 g/mol. The Morgan fingerprint density at radius 1 is 1.10 bits per heavy atom. The highest BCUT2D eigenvalue weighted by Gasteiger charge is 2.05. The predicted molar refractivity (Wildman–Crippen MR) is 88.0 cm³/mol. The van der Waals surface area contributed by atoms with Crippen molar-refractivity contribution in [3.63, 3.8) is 0 Å². The van der Waals surface area contributed by atoms with E-state index in [4.69, 9.17) is 39.5 Å². The molecule has 110 valence electrons. The third-order valence-corrected chi connectivity index (χ3v) is 3.65. The van der Waals surface area contributed by atoms with Crippen molar-refractivity contribution >= 4 is 46.7 Å². The molecule has 21 heavy (non-hydrogen) atoms. The molecule has 0 bridgehead atoms. The van der Waals surface area contributed by atoms with Crippen LogP contribution in [0.25, 0.3) is 0 Å². The molecule has 0 aliphatic heterocycles. The Labute approximate surface area is 137 Å². The van der Waals surface area contributed by atoms with Crippen molar-refractivity contribution < 1.29 is 9.84 Å². The Morgan fingerprint density at radius 2 is 1.81 bits per heavy atom. The van der Waals surface area contributed by atoms with Crippen molar-refractivity contribution in [1.82, 2.24) is 0 Å². The van der Waals surface area contributed by atoms with Gasteiger partial charge in [-0.25, -0.2) is 0 Å². The van der Waals surface area contributed by atoms with E-state index in [2.05, 4.69) is 4.99 Å². The second-order valence-corrected chi connectivity index (χ2v) is 5.36. The van der Waals surface area contributed by atoms with E-state index in [0.29, 0.717) is 33.1 Å². The van der Waals surface area contributed by atoms with Gasteiger partial charge in [0, 0.05) is 6.21 Å². The van der Waals surface area contributed by atoms with Gasteiger partial charge in [-0.1, -0.05) is 34.8 Å². The molecule has 0 saturated carbocycles. The van der Waals surface area contributed by atoms with Crippen LogP contribution in [0.4, 0.5) is 5.69 Å². The molecule has 0 aliphatic rings. The number of nitrogens with zero attached hydrogens (tertiary/aromatic N) is 1. The number of phenols is 1. The lowest BCUT2D eigenvalue weighted by atomic mass is 10.2. The summed E-state index contributed by atoms with van der Waals surface area (Å²) in [4.78, 5) is 4.27. The average Bonchev–Trinajstić information content (AvgIpc) is 2.45. The molecule has 0 heterocycles. The topological polar surface area (TPSA) is 41.8 Å². The van der Waals surface area contributed by atoms with Gasteiger partial charge in [-0.05, 0) is 42.8 Å². The molecular weight excluding hydrogens is 333 g/mol. The molecule has 0 radical (unpaired) electrons. The summed E-state index contributed by atoms with van der Waals surface area (Å²) in [5.41, 5.74) is 1.27. The molecule has 2 aromatic rings. The van der Waals surface area contributed by atoms with Crippen LogP contribution >= 0.6 is 34.8 Å². The summed E-state index contributed by atoms with van der Waals surface area (Å²) in [7, 11) is 0.